The van der Waals surface area contributed by atoms with Gasteiger partial charge in [-0.15, -0.1) is 0 Å². The molecule has 1 aliphatic rings. The lowest BCUT2D eigenvalue weighted by atomic mass is 9.80. The van der Waals surface area contributed by atoms with Gasteiger partial charge in [-0.3, -0.25) is 0 Å². The number of benzene rings is 1. The van der Waals surface area contributed by atoms with E-state index in [4.69, 9.17) is 0 Å². The molecule has 1 saturated carbocycles. The molecule has 0 atom stereocenters. The molecule has 0 aromatic heterocycles. The van der Waals surface area contributed by atoms with E-state index in [-0.39, 0.29) is 0 Å². The molecule has 1 aliphatic carbocycles. The third-order valence-electron chi connectivity index (χ3n) is 4.74. The van der Waals surface area contributed by atoms with Gasteiger partial charge in [0.25, 0.3) is 0 Å². The first-order valence-corrected chi connectivity index (χ1v) is 8.46. The van der Waals surface area contributed by atoms with Crippen molar-refractivity contribution in [1.29, 1.82) is 0 Å². The van der Waals surface area contributed by atoms with Crippen LogP contribution in [0.25, 0.3) is 0 Å². The Labute approximate surface area is 132 Å². The molecule has 112 valence electrons. The fraction of sp³-hybridized carbons (Fsp3) is 0.647. The molecule has 2 rings (SSSR count). The van der Waals surface area contributed by atoms with Crippen LogP contribution >= 0.6 is 15.9 Å². The van der Waals surface area contributed by atoms with Crippen LogP contribution in [0.5, 0.6) is 0 Å². The Hall–Kier alpha value is -0.380. The molecular weight excluding hydrogens is 312 g/mol. The molecule has 0 unspecified atom stereocenters. The minimum Gasteiger partial charge on any atom is -0.311 e. The average Bonchev–Trinajstić information content (AvgIpc) is 2.44. The van der Waals surface area contributed by atoms with Gasteiger partial charge >= 0.3 is 0 Å². The largest absolute Gasteiger partial charge is 0.311 e. The Morgan fingerprint density at radius 3 is 2.50 bits per heavy atom. The van der Waals surface area contributed by atoms with Crippen molar-refractivity contribution in [2.45, 2.75) is 51.1 Å². The van der Waals surface area contributed by atoms with Crippen molar-refractivity contribution in [2.24, 2.45) is 0 Å². The average molecular weight is 339 g/mol. The zero-order chi connectivity index (χ0) is 14.6. The van der Waals surface area contributed by atoms with Gasteiger partial charge in [0.1, 0.15) is 0 Å². The Balaban J connectivity index is 1.91. The van der Waals surface area contributed by atoms with E-state index in [1.165, 1.54) is 47.7 Å². The zero-order valence-electron chi connectivity index (χ0n) is 13.0. The summed E-state index contributed by atoms with van der Waals surface area (Å²) < 4.78 is 1.19. The molecule has 20 heavy (non-hydrogen) atoms. The molecule has 0 bridgehead atoms. The van der Waals surface area contributed by atoms with Crippen LogP contribution in [0.15, 0.2) is 22.7 Å². The summed E-state index contributed by atoms with van der Waals surface area (Å²) in [6.45, 7) is 4.20. The van der Waals surface area contributed by atoms with Crippen LogP contribution in [0, 0.1) is 6.92 Å². The van der Waals surface area contributed by atoms with E-state index in [9.17, 15) is 0 Å². The molecule has 0 aliphatic heterocycles. The second-order valence-electron chi connectivity index (χ2n) is 6.37. The number of aryl methyl sites for hydroxylation is 1. The number of halogens is 1. The summed E-state index contributed by atoms with van der Waals surface area (Å²) in [5.74, 6) is 0. The van der Waals surface area contributed by atoms with Crippen LogP contribution in [-0.4, -0.2) is 31.1 Å². The monoisotopic (exact) mass is 338 g/mol. The second-order valence-corrected chi connectivity index (χ2v) is 7.22. The fourth-order valence-corrected chi connectivity index (χ4v) is 3.49. The molecule has 1 fully saturated rings. The molecule has 1 aromatic carbocycles. The molecule has 2 nitrogen and oxygen atoms in total. The van der Waals surface area contributed by atoms with Crippen molar-refractivity contribution in [3.05, 3.63) is 33.8 Å². The van der Waals surface area contributed by atoms with E-state index >= 15 is 0 Å². The quantitative estimate of drug-likeness (QED) is 0.868. The number of nitrogens with one attached hydrogen (secondary N) is 1. The predicted molar refractivity (Wildman–Crippen MR) is 90.1 cm³/mol. The molecule has 0 spiro atoms. The predicted octanol–water partition coefficient (Wildman–Crippen LogP) is 4.11. The van der Waals surface area contributed by atoms with Crippen molar-refractivity contribution < 1.29 is 0 Å². The van der Waals surface area contributed by atoms with Gasteiger partial charge in [0.15, 0.2) is 0 Å². The van der Waals surface area contributed by atoms with E-state index in [1.54, 1.807) is 0 Å². The molecule has 1 N–H and O–H groups in total. The maximum Gasteiger partial charge on any atom is 0.0328 e. The summed E-state index contributed by atoms with van der Waals surface area (Å²) in [4.78, 5) is 2.44. The Morgan fingerprint density at radius 2 is 1.90 bits per heavy atom. The van der Waals surface area contributed by atoms with E-state index < -0.39 is 0 Å². The number of likely N-dealkylation sites (N-methyl/N-ethyl adjacent to an activating group) is 1. The minimum absolute atomic E-state index is 0.364. The van der Waals surface area contributed by atoms with Crippen LogP contribution in [0.2, 0.25) is 0 Å². The number of nitrogens with zero attached hydrogens (tertiary/aromatic N) is 1. The lowest BCUT2D eigenvalue weighted by Gasteiger charge is -2.43. The SMILES string of the molecule is Cc1cc(CNCC2(N(C)C)CCCCC2)ccc1Br. The molecule has 0 heterocycles. The van der Waals surface area contributed by atoms with Gasteiger partial charge in [-0.2, -0.15) is 0 Å². The maximum absolute atomic E-state index is 3.68. The fourth-order valence-electron chi connectivity index (χ4n) is 3.25. The van der Waals surface area contributed by atoms with Crippen molar-refractivity contribution in [1.82, 2.24) is 10.2 Å². The second kappa shape index (κ2) is 7.06. The highest BCUT2D eigenvalue weighted by Gasteiger charge is 2.33. The molecule has 0 radical (unpaired) electrons. The smallest absolute Gasteiger partial charge is 0.0328 e. The zero-order valence-corrected chi connectivity index (χ0v) is 14.6. The Kier molecular flexibility index (Phi) is 5.65. The van der Waals surface area contributed by atoms with E-state index in [0.717, 1.165) is 13.1 Å². The third kappa shape index (κ3) is 3.84. The third-order valence-corrected chi connectivity index (χ3v) is 5.63. The van der Waals surface area contributed by atoms with Gasteiger partial charge in [0.05, 0.1) is 0 Å². The van der Waals surface area contributed by atoms with E-state index in [0.29, 0.717) is 5.54 Å². The van der Waals surface area contributed by atoms with Gasteiger partial charge < -0.3 is 10.2 Å². The number of hydrogen-bond donors (Lipinski definition) is 1. The summed E-state index contributed by atoms with van der Waals surface area (Å²) in [5, 5.41) is 3.68. The standard InChI is InChI=1S/C17H27BrN2/c1-14-11-15(7-8-16(14)18)12-19-13-17(20(2)3)9-5-4-6-10-17/h7-8,11,19H,4-6,9-10,12-13H2,1-3H3. The van der Waals surface area contributed by atoms with Crippen LogP contribution in [0.4, 0.5) is 0 Å². The molecule has 0 saturated heterocycles. The van der Waals surface area contributed by atoms with Crippen LogP contribution in [-0.2, 0) is 6.54 Å². The first kappa shape index (κ1) is 16.0. The summed E-state index contributed by atoms with van der Waals surface area (Å²) >= 11 is 3.56. The van der Waals surface area contributed by atoms with Gasteiger partial charge in [0, 0.05) is 23.1 Å². The molecular formula is C17H27BrN2. The highest BCUT2D eigenvalue weighted by molar-refractivity contribution is 9.10. The minimum atomic E-state index is 0.364. The first-order chi connectivity index (χ1) is 9.53. The Bertz CT molecular complexity index is 437. The van der Waals surface area contributed by atoms with Gasteiger partial charge in [-0.25, -0.2) is 0 Å². The maximum atomic E-state index is 3.68. The summed E-state index contributed by atoms with van der Waals surface area (Å²) in [6, 6.07) is 6.61. The van der Waals surface area contributed by atoms with Crippen molar-refractivity contribution in [2.75, 3.05) is 20.6 Å². The van der Waals surface area contributed by atoms with Crippen LogP contribution in [0.3, 0.4) is 0 Å². The molecule has 3 heteroatoms. The van der Waals surface area contributed by atoms with Gasteiger partial charge in [-0.05, 0) is 51.1 Å². The van der Waals surface area contributed by atoms with Crippen LogP contribution in [0.1, 0.15) is 43.2 Å². The lowest BCUT2D eigenvalue weighted by Crippen LogP contribution is -2.52. The highest BCUT2D eigenvalue weighted by atomic mass is 79.9. The summed E-state index contributed by atoms with van der Waals surface area (Å²) in [7, 11) is 4.47. The van der Waals surface area contributed by atoms with Gasteiger partial charge in [-0.1, -0.05) is 47.3 Å². The Morgan fingerprint density at radius 1 is 1.20 bits per heavy atom. The first-order valence-electron chi connectivity index (χ1n) is 7.67. The van der Waals surface area contributed by atoms with E-state index in [1.807, 2.05) is 0 Å². The van der Waals surface area contributed by atoms with Crippen molar-refractivity contribution >= 4 is 15.9 Å². The molecule has 0 amide bonds. The summed E-state index contributed by atoms with van der Waals surface area (Å²) in [6.07, 6.45) is 6.80. The normalized spacial score (nSPS) is 18.4. The van der Waals surface area contributed by atoms with Crippen molar-refractivity contribution in [3.8, 4) is 0 Å². The lowest BCUT2D eigenvalue weighted by molar-refractivity contribution is 0.0984. The number of hydrogen-bond acceptors (Lipinski definition) is 2. The highest BCUT2D eigenvalue weighted by Crippen LogP contribution is 2.31. The number of rotatable bonds is 5. The van der Waals surface area contributed by atoms with Gasteiger partial charge in [0.2, 0.25) is 0 Å². The van der Waals surface area contributed by atoms with E-state index in [2.05, 4.69) is 65.4 Å². The summed E-state index contributed by atoms with van der Waals surface area (Å²) in [5.41, 5.74) is 3.04. The molecule has 1 aromatic rings. The topological polar surface area (TPSA) is 15.3 Å². The van der Waals surface area contributed by atoms with Crippen molar-refractivity contribution in [3.63, 3.8) is 0 Å². The van der Waals surface area contributed by atoms with Crippen LogP contribution < -0.4 is 5.32 Å².